The van der Waals surface area contributed by atoms with E-state index in [1.54, 1.807) is 0 Å². The minimum Gasteiger partial charge on any atom is -0.390 e. The van der Waals surface area contributed by atoms with Crippen molar-refractivity contribution in [3.05, 3.63) is 0 Å². The zero-order valence-electron chi connectivity index (χ0n) is 9.35. The topological polar surface area (TPSA) is 49.3 Å². The van der Waals surface area contributed by atoms with Crippen molar-refractivity contribution in [1.82, 2.24) is 5.32 Å². The number of rotatable bonds is 6. The van der Waals surface area contributed by atoms with Crippen LogP contribution < -0.4 is 5.32 Å². The van der Waals surface area contributed by atoms with Crippen LogP contribution in [-0.4, -0.2) is 30.1 Å². The van der Waals surface area contributed by atoms with Crippen LogP contribution in [0.4, 0.5) is 8.78 Å². The number of aliphatic hydroxyl groups is 1. The van der Waals surface area contributed by atoms with Gasteiger partial charge in [-0.1, -0.05) is 25.7 Å². The van der Waals surface area contributed by atoms with Gasteiger partial charge in [-0.2, -0.15) is 0 Å². The van der Waals surface area contributed by atoms with Crippen molar-refractivity contribution in [1.29, 1.82) is 0 Å². The van der Waals surface area contributed by atoms with E-state index < -0.39 is 19.1 Å². The predicted octanol–water partition coefficient (Wildman–Crippen LogP) is 1.70. The summed E-state index contributed by atoms with van der Waals surface area (Å²) in [6.45, 7) is -2.00. The zero-order valence-corrected chi connectivity index (χ0v) is 9.35. The van der Waals surface area contributed by atoms with Crippen molar-refractivity contribution in [2.24, 2.45) is 5.92 Å². The van der Waals surface area contributed by atoms with Crippen molar-refractivity contribution in [2.45, 2.75) is 44.4 Å². The first-order valence-electron chi connectivity index (χ1n) is 5.79. The van der Waals surface area contributed by atoms with Gasteiger partial charge in [-0.3, -0.25) is 4.79 Å². The Hall–Kier alpha value is -0.710. The second kappa shape index (κ2) is 6.13. The Kier molecular flexibility index (Phi) is 5.12. The Bertz CT molecular complexity index is 228. The highest BCUT2D eigenvalue weighted by molar-refractivity contribution is 5.75. The summed E-state index contributed by atoms with van der Waals surface area (Å²) in [4.78, 5) is 11.2. The molecular weight excluding hydrogens is 216 g/mol. The molecule has 1 aliphatic carbocycles. The fourth-order valence-corrected chi connectivity index (χ4v) is 2.01. The third-order valence-electron chi connectivity index (χ3n) is 3.03. The van der Waals surface area contributed by atoms with Crippen LogP contribution in [0.1, 0.15) is 38.5 Å². The van der Waals surface area contributed by atoms with Gasteiger partial charge in [0.2, 0.25) is 5.91 Å². The molecule has 94 valence electrons. The Morgan fingerprint density at radius 1 is 1.38 bits per heavy atom. The first-order valence-corrected chi connectivity index (χ1v) is 5.79. The lowest BCUT2D eigenvalue weighted by Gasteiger charge is -2.14. The van der Waals surface area contributed by atoms with Crippen LogP contribution in [0.2, 0.25) is 0 Å². The van der Waals surface area contributed by atoms with E-state index in [4.69, 9.17) is 5.11 Å². The maximum Gasteiger partial charge on any atom is 0.287 e. The quantitative estimate of drug-likeness (QED) is 0.736. The summed E-state index contributed by atoms with van der Waals surface area (Å²) in [6.07, 6.45) is 5.84. The van der Waals surface area contributed by atoms with Crippen LogP contribution in [0.25, 0.3) is 0 Å². The van der Waals surface area contributed by atoms with Crippen molar-refractivity contribution in [3.8, 4) is 0 Å². The Balaban J connectivity index is 2.10. The molecule has 0 aliphatic heterocycles. The standard InChI is InChI=1S/C11H19F2NO2/c12-11(13,8-15)7-14-10(16)6-5-9-3-1-2-4-9/h9,15H,1-8H2,(H,14,16). The molecule has 0 radical (unpaired) electrons. The fourth-order valence-electron chi connectivity index (χ4n) is 2.01. The van der Waals surface area contributed by atoms with E-state index in [2.05, 4.69) is 5.32 Å². The van der Waals surface area contributed by atoms with Gasteiger partial charge in [0.1, 0.15) is 6.61 Å². The van der Waals surface area contributed by atoms with Crippen molar-refractivity contribution in [2.75, 3.05) is 13.2 Å². The normalized spacial score (nSPS) is 17.7. The molecular formula is C11H19F2NO2. The third kappa shape index (κ3) is 4.88. The molecule has 0 spiro atoms. The summed E-state index contributed by atoms with van der Waals surface area (Å²) in [5.74, 6) is -2.97. The molecule has 1 amide bonds. The smallest absolute Gasteiger partial charge is 0.287 e. The SMILES string of the molecule is O=C(CCC1CCCC1)NCC(F)(F)CO. The highest BCUT2D eigenvalue weighted by Gasteiger charge is 2.28. The van der Waals surface area contributed by atoms with Gasteiger partial charge < -0.3 is 10.4 Å². The van der Waals surface area contributed by atoms with E-state index in [1.807, 2.05) is 0 Å². The van der Waals surface area contributed by atoms with E-state index in [1.165, 1.54) is 12.8 Å². The number of alkyl halides is 2. The maximum absolute atomic E-state index is 12.6. The van der Waals surface area contributed by atoms with Crippen LogP contribution in [0.5, 0.6) is 0 Å². The van der Waals surface area contributed by atoms with Crippen molar-refractivity contribution >= 4 is 5.91 Å². The molecule has 16 heavy (non-hydrogen) atoms. The number of hydrogen-bond acceptors (Lipinski definition) is 2. The summed E-state index contributed by atoms with van der Waals surface area (Å²) < 4.78 is 25.2. The molecule has 1 aliphatic rings. The van der Waals surface area contributed by atoms with Crippen LogP contribution in [0.3, 0.4) is 0 Å². The fraction of sp³-hybridized carbons (Fsp3) is 0.909. The van der Waals surface area contributed by atoms with Crippen LogP contribution in [0, 0.1) is 5.92 Å². The monoisotopic (exact) mass is 235 g/mol. The van der Waals surface area contributed by atoms with Gasteiger partial charge >= 0.3 is 0 Å². The second-order valence-corrected chi connectivity index (χ2v) is 4.48. The molecule has 0 aromatic rings. The molecule has 3 nitrogen and oxygen atoms in total. The Morgan fingerprint density at radius 2 is 2.00 bits per heavy atom. The first-order chi connectivity index (χ1) is 7.53. The first kappa shape index (κ1) is 13.4. The van der Waals surface area contributed by atoms with Gasteiger partial charge in [0.15, 0.2) is 0 Å². The van der Waals surface area contributed by atoms with Gasteiger partial charge in [-0.25, -0.2) is 8.78 Å². The van der Waals surface area contributed by atoms with Gasteiger partial charge in [0.25, 0.3) is 5.92 Å². The Morgan fingerprint density at radius 3 is 2.56 bits per heavy atom. The minimum absolute atomic E-state index is 0.312. The lowest BCUT2D eigenvalue weighted by molar-refractivity contribution is -0.124. The molecule has 5 heteroatoms. The third-order valence-corrected chi connectivity index (χ3v) is 3.03. The van der Waals surface area contributed by atoms with Crippen LogP contribution >= 0.6 is 0 Å². The maximum atomic E-state index is 12.6. The number of aliphatic hydroxyl groups excluding tert-OH is 1. The minimum atomic E-state index is -3.21. The van der Waals surface area contributed by atoms with Crippen LogP contribution in [-0.2, 0) is 4.79 Å². The van der Waals surface area contributed by atoms with Gasteiger partial charge in [0, 0.05) is 6.42 Å². The van der Waals surface area contributed by atoms with E-state index in [0.717, 1.165) is 19.3 Å². The number of carbonyl (C=O) groups excluding carboxylic acids is 1. The molecule has 1 saturated carbocycles. The molecule has 0 saturated heterocycles. The number of halogens is 2. The summed E-state index contributed by atoms with van der Waals surface area (Å²) in [7, 11) is 0. The highest BCUT2D eigenvalue weighted by Crippen LogP contribution is 2.28. The predicted molar refractivity (Wildman–Crippen MR) is 56.2 cm³/mol. The van der Waals surface area contributed by atoms with E-state index in [-0.39, 0.29) is 5.91 Å². The average Bonchev–Trinajstić information content (AvgIpc) is 2.76. The zero-order chi connectivity index (χ0) is 12.0. The lowest BCUT2D eigenvalue weighted by Crippen LogP contribution is -2.39. The summed E-state index contributed by atoms with van der Waals surface area (Å²) in [5, 5.41) is 10.5. The molecule has 2 N–H and O–H groups in total. The average molecular weight is 235 g/mol. The van der Waals surface area contributed by atoms with Gasteiger partial charge in [-0.05, 0) is 12.3 Å². The summed E-state index contributed by atoms with van der Waals surface area (Å²) in [6, 6.07) is 0. The molecule has 1 fully saturated rings. The van der Waals surface area contributed by atoms with E-state index in [0.29, 0.717) is 12.3 Å². The molecule has 0 bridgehead atoms. The van der Waals surface area contributed by atoms with Crippen molar-refractivity contribution < 1.29 is 18.7 Å². The number of carbonyl (C=O) groups is 1. The van der Waals surface area contributed by atoms with Crippen molar-refractivity contribution in [3.63, 3.8) is 0 Å². The lowest BCUT2D eigenvalue weighted by atomic mass is 10.0. The second-order valence-electron chi connectivity index (χ2n) is 4.48. The molecule has 0 aromatic carbocycles. The number of nitrogens with one attached hydrogen (secondary N) is 1. The van der Waals surface area contributed by atoms with Gasteiger partial charge in [-0.15, -0.1) is 0 Å². The molecule has 0 atom stereocenters. The summed E-state index contributed by atoms with van der Waals surface area (Å²) in [5.41, 5.74) is 0. The van der Waals surface area contributed by atoms with Crippen LogP contribution in [0.15, 0.2) is 0 Å². The summed E-state index contributed by atoms with van der Waals surface area (Å²) >= 11 is 0. The molecule has 0 aromatic heterocycles. The number of amides is 1. The molecule has 0 unspecified atom stereocenters. The van der Waals surface area contributed by atoms with E-state index >= 15 is 0 Å². The van der Waals surface area contributed by atoms with E-state index in [9.17, 15) is 13.6 Å². The van der Waals surface area contributed by atoms with Gasteiger partial charge in [0.05, 0.1) is 6.54 Å². The highest BCUT2D eigenvalue weighted by atomic mass is 19.3. The largest absolute Gasteiger partial charge is 0.390 e. The Labute approximate surface area is 94.2 Å². The molecule has 0 heterocycles. The number of hydrogen-bond donors (Lipinski definition) is 2. The molecule has 1 rings (SSSR count).